The Morgan fingerprint density at radius 3 is 2.68 bits per heavy atom. The molecule has 0 radical (unpaired) electrons. The van der Waals surface area contributed by atoms with Gasteiger partial charge in [-0.1, -0.05) is 85.0 Å². The van der Waals surface area contributed by atoms with E-state index in [1.54, 1.807) is 30.3 Å². The van der Waals surface area contributed by atoms with Gasteiger partial charge in [-0.25, -0.2) is 0 Å². The minimum Gasteiger partial charge on any atom is -0.507 e. The molecule has 5 aromatic rings. The van der Waals surface area contributed by atoms with Gasteiger partial charge in [-0.15, -0.1) is 10.2 Å². The van der Waals surface area contributed by atoms with Gasteiger partial charge in [-0.3, -0.25) is 14.5 Å². The van der Waals surface area contributed by atoms with E-state index < -0.39 is 17.7 Å². The first kappa shape index (κ1) is 33.6. The Balaban J connectivity index is 1.27. The van der Waals surface area contributed by atoms with Crippen molar-refractivity contribution in [1.82, 2.24) is 10.2 Å². The fraction of sp³-hybridized carbons (Fsp3) is 0.282. The third kappa shape index (κ3) is 6.55. The first-order valence-electron chi connectivity index (χ1n) is 16.8. The SMILES string of the molecule is CCCCOc1ccc(C2C(=C(O)c3ccc4c(c3)CC(C)O4)C(=O)C(=O)N2c2nnc(SCc3cccc4ccccc34)s2)cc1OCC. The van der Waals surface area contributed by atoms with Gasteiger partial charge in [0.2, 0.25) is 5.13 Å². The third-order valence-corrected chi connectivity index (χ3v) is 10.9. The molecule has 50 heavy (non-hydrogen) atoms. The summed E-state index contributed by atoms with van der Waals surface area (Å²) in [5.41, 5.74) is 3.04. The van der Waals surface area contributed by atoms with E-state index in [1.165, 1.54) is 28.0 Å². The molecule has 2 atom stereocenters. The molecule has 7 rings (SSSR count). The van der Waals surface area contributed by atoms with Gasteiger partial charge in [0.15, 0.2) is 15.8 Å². The summed E-state index contributed by atoms with van der Waals surface area (Å²) in [6.07, 6.45) is 2.55. The van der Waals surface area contributed by atoms with Crippen molar-refractivity contribution < 1.29 is 28.9 Å². The Labute approximate surface area is 298 Å². The van der Waals surface area contributed by atoms with Crippen LogP contribution in [0.4, 0.5) is 5.13 Å². The Bertz CT molecular complexity index is 2110. The minimum absolute atomic E-state index is 0.00750. The van der Waals surface area contributed by atoms with E-state index in [9.17, 15) is 14.7 Å². The lowest BCUT2D eigenvalue weighted by molar-refractivity contribution is -0.132. The lowest BCUT2D eigenvalue weighted by atomic mass is 9.94. The number of ether oxygens (including phenoxy) is 3. The maximum atomic E-state index is 13.9. The molecular weight excluding hydrogens is 671 g/mol. The van der Waals surface area contributed by atoms with Crippen molar-refractivity contribution in [3.05, 3.63) is 107 Å². The predicted molar refractivity (Wildman–Crippen MR) is 196 cm³/mol. The molecule has 1 N–H and O–H groups in total. The molecule has 1 amide bonds. The maximum absolute atomic E-state index is 13.9. The number of rotatable bonds is 12. The van der Waals surface area contributed by atoms with E-state index >= 15 is 0 Å². The molecule has 1 fully saturated rings. The van der Waals surface area contributed by atoms with Crippen LogP contribution in [-0.4, -0.2) is 46.3 Å². The van der Waals surface area contributed by atoms with Crippen LogP contribution >= 0.6 is 23.1 Å². The molecule has 2 unspecified atom stereocenters. The molecule has 3 heterocycles. The highest BCUT2D eigenvalue weighted by atomic mass is 32.2. The number of Topliss-reactive ketones (excluding diaryl/α,β-unsaturated/α-hetero) is 1. The number of aliphatic hydroxyl groups is 1. The number of aromatic nitrogens is 2. The molecule has 9 nitrogen and oxygen atoms in total. The summed E-state index contributed by atoms with van der Waals surface area (Å²) in [6.45, 7) is 6.86. The third-order valence-electron chi connectivity index (χ3n) is 8.79. The van der Waals surface area contributed by atoms with Crippen LogP contribution in [0.1, 0.15) is 61.9 Å². The highest BCUT2D eigenvalue weighted by Gasteiger charge is 2.48. The topological polar surface area (TPSA) is 111 Å². The van der Waals surface area contributed by atoms with Crippen molar-refractivity contribution in [3.8, 4) is 17.2 Å². The molecule has 2 aliphatic heterocycles. The van der Waals surface area contributed by atoms with Gasteiger partial charge in [-0.2, -0.15) is 0 Å². The average Bonchev–Trinajstić information content (AvgIpc) is 3.82. The summed E-state index contributed by atoms with van der Waals surface area (Å²) in [7, 11) is 0. The average molecular weight is 708 g/mol. The van der Waals surface area contributed by atoms with Crippen LogP contribution < -0.4 is 19.1 Å². The summed E-state index contributed by atoms with van der Waals surface area (Å²) in [5.74, 6) is 0.575. The quantitative estimate of drug-likeness (QED) is 0.0341. The second-order valence-electron chi connectivity index (χ2n) is 12.2. The maximum Gasteiger partial charge on any atom is 0.301 e. The molecule has 0 bridgehead atoms. The van der Waals surface area contributed by atoms with Gasteiger partial charge in [0.05, 0.1) is 24.8 Å². The van der Waals surface area contributed by atoms with E-state index in [0.717, 1.165) is 40.5 Å². The minimum atomic E-state index is -0.994. The first-order valence-corrected chi connectivity index (χ1v) is 18.6. The zero-order valence-electron chi connectivity index (χ0n) is 28.0. The number of benzene rings is 4. The number of nitrogens with zero attached hydrogens (tertiary/aromatic N) is 3. The number of carbonyl (C=O) groups is 2. The zero-order valence-corrected chi connectivity index (χ0v) is 29.7. The molecule has 256 valence electrons. The Kier molecular flexibility index (Phi) is 9.78. The Morgan fingerprint density at radius 2 is 1.84 bits per heavy atom. The molecule has 11 heteroatoms. The monoisotopic (exact) mass is 707 g/mol. The van der Waals surface area contributed by atoms with Crippen LogP contribution in [-0.2, 0) is 21.8 Å². The van der Waals surface area contributed by atoms with Crippen LogP contribution in [0.2, 0.25) is 0 Å². The summed E-state index contributed by atoms with van der Waals surface area (Å²) in [4.78, 5) is 29.2. The Morgan fingerprint density at radius 1 is 1.00 bits per heavy atom. The highest BCUT2D eigenvalue weighted by Crippen LogP contribution is 2.46. The largest absolute Gasteiger partial charge is 0.507 e. The van der Waals surface area contributed by atoms with E-state index in [0.29, 0.717) is 52.4 Å². The number of thioether (sulfide) groups is 1. The van der Waals surface area contributed by atoms with E-state index in [-0.39, 0.29) is 22.6 Å². The van der Waals surface area contributed by atoms with Crippen molar-refractivity contribution in [3.63, 3.8) is 0 Å². The zero-order chi connectivity index (χ0) is 34.8. The van der Waals surface area contributed by atoms with E-state index in [1.807, 2.05) is 38.1 Å². The van der Waals surface area contributed by atoms with Crippen molar-refractivity contribution in [2.24, 2.45) is 0 Å². The predicted octanol–water partition coefficient (Wildman–Crippen LogP) is 8.51. The van der Waals surface area contributed by atoms with Crippen LogP contribution in [0.3, 0.4) is 0 Å². The summed E-state index contributed by atoms with van der Waals surface area (Å²) in [6, 6.07) is 24.1. The molecule has 1 saturated heterocycles. The van der Waals surface area contributed by atoms with Gasteiger partial charge in [0.25, 0.3) is 5.78 Å². The van der Waals surface area contributed by atoms with Crippen LogP contribution in [0.5, 0.6) is 17.2 Å². The molecule has 0 aliphatic carbocycles. The number of hydrogen-bond acceptors (Lipinski definition) is 10. The number of hydrogen-bond donors (Lipinski definition) is 1. The molecule has 2 aliphatic rings. The van der Waals surface area contributed by atoms with Crippen molar-refractivity contribution in [2.75, 3.05) is 18.1 Å². The lowest BCUT2D eigenvalue weighted by Gasteiger charge is -2.23. The van der Waals surface area contributed by atoms with E-state index in [2.05, 4.69) is 41.4 Å². The lowest BCUT2D eigenvalue weighted by Crippen LogP contribution is -2.29. The van der Waals surface area contributed by atoms with Crippen molar-refractivity contribution in [2.45, 2.75) is 62.3 Å². The summed E-state index contributed by atoms with van der Waals surface area (Å²) >= 11 is 2.75. The number of carbonyl (C=O) groups excluding carboxylic acids is 2. The number of anilines is 1. The smallest absolute Gasteiger partial charge is 0.301 e. The van der Waals surface area contributed by atoms with Gasteiger partial charge in [0, 0.05) is 17.7 Å². The van der Waals surface area contributed by atoms with Crippen LogP contribution in [0, 0.1) is 0 Å². The summed E-state index contributed by atoms with van der Waals surface area (Å²) < 4.78 is 18.5. The highest BCUT2D eigenvalue weighted by molar-refractivity contribution is 8.00. The number of amides is 1. The Hall–Kier alpha value is -4.87. The summed E-state index contributed by atoms with van der Waals surface area (Å²) in [5, 5.41) is 23.2. The number of aliphatic hydroxyl groups excluding tert-OH is 1. The van der Waals surface area contributed by atoms with Gasteiger partial charge in [0.1, 0.15) is 17.6 Å². The molecule has 0 saturated carbocycles. The fourth-order valence-electron chi connectivity index (χ4n) is 6.39. The van der Waals surface area contributed by atoms with Gasteiger partial charge >= 0.3 is 5.91 Å². The second-order valence-corrected chi connectivity index (χ2v) is 14.4. The van der Waals surface area contributed by atoms with Crippen LogP contribution in [0.25, 0.3) is 16.5 Å². The molecular formula is C39H37N3O6S2. The number of fused-ring (bicyclic) bond motifs is 2. The standard InChI is InChI=1S/C39H37N3O6S2/c1-4-6-18-47-31-17-14-25(21-32(31)46-5-2)34-33(35(43)26-15-16-30-28(20-26)19-23(3)48-30)36(44)37(45)42(34)38-40-41-39(50-38)49-22-27-12-9-11-24-10-7-8-13-29(24)27/h7-17,20-21,23,34,43H,4-6,18-19,22H2,1-3H3. The van der Waals surface area contributed by atoms with Crippen LogP contribution in [0.15, 0.2) is 88.8 Å². The van der Waals surface area contributed by atoms with E-state index in [4.69, 9.17) is 14.2 Å². The number of unbranched alkanes of at least 4 members (excludes halogenated alkanes) is 1. The molecule has 1 aromatic heterocycles. The van der Waals surface area contributed by atoms with Gasteiger partial charge < -0.3 is 19.3 Å². The molecule has 4 aromatic carbocycles. The fourth-order valence-corrected chi connectivity index (χ4v) is 8.27. The van der Waals surface area contributed by atoms with Gasteiger partial charge in [-0.05, 0) is 78.1 Å². The normalized spacial score (nSPS) is 18.0. The molecule has 0 spiro atoms. The second kappa shape index (κ2) is 14.5. The van der Waals surface area contributed by atoms with Crippen molar-refractivity contribution >= 4 is 56.5 Å². The first-order chi connectivity index (χ1) is 24.4. The van der Waals surface area contributed by atoms with Crippen molar-refractivity contribution in [1.29, 1.82) is 0 Å². The number of ketones is 1.